The lowest BCUT2D eigenvalue weighted by Crippen LogP contribution is -2.16. The fourth-order valence-electron chi connectivity index (χ4n) is 3.29. The van der Waals surface area contributed by atoms with Gasteiger partial charge in [-0.25, -0.2) is 4.39 Å². The fraction of sp³-hybridized carbons (Fsp3) is 0.125. The van der Waals surface area contributed by atoms with Crippen molar-refractivity contribution in [3.8, 4) is 34.0 Å². The number of esters is 1. The Hall–Kier alpha value is -3.55. The Morgan fingerprint density at radius 3 is 2.38 bits per heavy atom. The van der Waals surface area contributed by atoms with E-state index in [0.717, 1.165) is 22.3 Å². The van der Waals surface area contributed by atoms with Crippen molar-refractivity contribution in [1.82, 2.24) is 10.2 Å². The maximum absolute atomic E-state index is 14.4. The van der Waals surface area contributed by atoms with E-state index in [1.54, 1.807) is 0 Å². The Morgan fingerprint density at radius 2 is 1.66 bits per heavy atom. The normalized spacial score (nSPS) is 10.5. The molecule has 0 atom stereocenters. The van der Waals surface area contributed by atoms with Crippen LogP contribution >= 0.6 is 12.4 Å². The Kier molecular flexibility index (Phi) is 7.35. The molecule has 0 radical (unpaired) electrons. The summed E-state index contributed by atoms with van der Waals surface area (Å²) >= 11 is 0. The molecule has 0 aliphatic rings. The van der Waals surface area contributed by atoms with E-state index in [0.29, 0.717) is 11.5 Å². The zero-order valence-corrected chi connectivity index (χ0v) is 18.1. The van der Waals surface area contributed by atoms with Gasteiger partial charge in [-0.2, -0.15) is 0 Å². The predicted molar refractivity (Wildman–Crippen MR) is 121 cm³/mol. The molecule has 4 rings (SSSR count). The first-order valence-electron chi connectivity index (χ1n) is 9.70. The van der Waals surface area contributed by atoms with Gasteiger partial charge in [-0.3, -0.25) is 4.79 Å². The van der Waals surface area contributed by atoms with Crippen LogP contribution in [0.3, 0.4) is 0 Å². The van der Waals surface area contributed by atoms with Crippen LogP contribution in [0, 0.1) is 12.7 Å². The van der Waals surface area contributed by atoms with E-state index in [1.165, 1.54) is 18.2 Å². The number of nitrogens with zero attached hydrogens (tertiary/aromatic N) is 2. The quantitative estimate of drug-likeness (QED) is 0.416. The molecule has 1 aromatic heterocycles. The van der Waals surface area contributed by atoms with Crippen LogP contribution in [0.4, 0.5) is 4.39 Å². The average molecular weight is 454 g/mol. The van der Waals surface area contributed by atoms with E-state index in [-0.39, 0.29) is 37.0 Å². The molecule has 6 nitrogen and oxygen atoms in total. The summed E-state index contributed by atoms with van der Waals surface area (Å²) in [6.07, 6.45) is 0. The van der Waals surface area contributed by atoms with Crippen LogP contribution in [0.1, 0.15) is 11.1 Å². The topological polar surface area (TPSA) is 91.2 Å². The third-order valence-corrected chi connectivity index (χ3v) is 4.90. The van der Waals surface area contributed by atoms with Gasteiger partial charge in [0.25, 0.3) is 5.89 Å². The highest BCUT2D eigenvalue weighted by molar-refractivity contribution is 5.85. The van der Waals surface area contributed by atoms with Crippen molar-refractivity contribution in [3.05, 3.63) is 83.7 Å². The SMILES string of the molecule is Cc1c(-c2ccccc2)cccc1-c1nnc(-c2cc(COC(=O)CN)ccc2F)o1.Cl. The maximum atomic E-state index is 14.4. The molecule has 0 amide bonds. The monoisotopic (exact) mass is 453 g/mol. The van der Waals surface area contributed by atoms with Crippen molar-refractivity contribution in [2.75, 3.05) is 6.54 Å². The van der Waals surface area contributed by atoms with Gasteiger partial charge >= 0.3 is 5.97 Å². The third kappa shape index (κ3) is 4.85. The van der Waals surface area contributed by atoms with Crippen molar-refractivity contribution < 1.29 is 18.3 Å². The van der Waals surface area contributed by atoms with Crippen molar-refractivity contribution >= 4 is 18.4 Å². The molecule has 0 aliphatic carbocycles. The summed E-state index contributed by atoms with van der Waals surface area (Å²) in [7, 11) is 0. The van der Waals surface area contributed by atoms with E-state index < -0.39 is 11.8 Å². The van der Waals surface area contributed by atoms with Crippen molar-refractivity contribution in [2.24, 2.45) is 5.73 Å². The van der Waals surface area contributed by atoms with Crippen molar-refractivity contribution in [3.63, 3.8) is 0 Å². The minimum Gasteiger partial charge on any atom is -0.460 e. The second kappa shape index (κ2) is 10.2. The Labute approximate surface area is 190 Å². The summed E-state index contributed by atoms with van der Waals surface area (Å²) in [5.74, 6) is -0.716. The van der Waals surface area contributed by atoms with E-state index in [1.807, 2.05) is 55.5 Å². The van der Waals surface area contributed by atoms with E-state index in [4.69, 9.17) is 14.9 Å². The summed E-state index contributed by atoms with van der Waals surface area (Å²) in [6, 6.07) is 20.1. The lowest BCUT2D eigenvalue weighted by molar-refractivity contribution is -0.143. The van der Waals surface area contributed by atoms with Gasteiger partial charge in [0.05, 0.1) is 12.1 Å². The van der Waals surface area contributed by atoms with Crippen LogP contribution in [-0.2, 0) is 16.1 Å². The van der Waals surface area contributed by atoms with Gasteiger partial charge in [0.2, 0.25) is 5.89 Å². The molecular formula is C24H21ClFN3O3. The first kappa shape index (κ1) is 23.1. The molecule has 4 aromatic rings. The number of carbonyl (C=O) groups is 1. The lowest BCUT2D eigenvalue weighted by atomic mass is 9.96. The average Bonchev–Trinajstić information content (AvgIpc) is 3.28. The molecule has 8 heteroatoms. The number of nitrogens with two attached hydrogens (primary N) is 1. The van der Waals surface area contributed by atoms with Gasteiger partial charge in [-0.1, -0.05) is 48.5 Å². The summed E-state index contributed by atoms with van der Waals surface area (Å²) in [5, 5.41) is 8.17. The molecule has 0 unspecified atom stereocenters. The highest BCUT2D eigenvalue weighted by Gasteiger charge is 2.17. The molecule has 3 aromatic carbocycles. The number of carbonyl (C=O) groups excluding carboxylic acids is 1. The summed E-state index contributed by atoms with van der Waals surface area (Å²) in [4.78, 5) is 11.3. The van der Waals surface area contributed by atoms with Crippen LogP contribution in [-0.4, -0.2) is 22.7 Å². The standard InChI is InChI=1S/C24H20FN3O3.ClH/c1-15-18(17-6-3-2-4-7-17)8-5-9-19(15)23-27-28-24(31-23)20-12-16(10-11-21(20)25)14-30-22(29)13-26;/h2-12H,13-14,26H2,1H3;1H. The molecule has 2 N–H and O–H groups in total. The molecule has 0 saturated heterocycles. The molecule has 0 saturated carbocycles. The number of hydrogen-bond acceptors (Lipinski definition) is 6. The van der Waals surface area contributed by atoms with Gasteiger partial charge in [0.1, 0.15) is 12.4 Å². The second-order valence-corrected chi connectivity index (χ2v) is 6.94. The Balaban J connectivity index is 0.00000289. The van der Waals surface area contributed by atoms with E-state index in [9.17, 15) is 9.18 Å². The van der Waals surface area contributed by atoms with Crippen LogP contribution in [0.2, 0.25) is 0 Å². The molecule has 32 heavy (non-hydrogen) atoms. The zero-order chi connectivity index (χ0) is 21.8. The zero-order valence-electron chi connectivity index (χ0n) is 17.2. The number of rotatable bonds is 6. The first-order valence-corrected chi connectivity index (χ1v) is 9.70. The van der Waals surface area contributed by atoms with Gasteiger partial charge < -0.3 is 14.9 Å². The second-order valence-electron chi connectivity index (χ2n) is 6.94. The third-order valence-electron chi connectivity index (χ3n) is 4.90. The van der Waals surface area contributed by atoms with Gasteiger partial charge in [-0.15, -0.1) is 22.6 Å². The smallest absolute Gasteiger partial charge is 0.320 e. The lowest BCUT2D eigenvalue weighted by Gasteiger charge is -2.09. The number of hydrogen-bond donors (Lipinski definition) is 1. The minimum atomic E-state index is -0.542. The number of ether oxygens (including phenoxy) is 1. The molecule has 0 fully saturated rings. The molecule has 1 heterocycles. The minimum absolute atomic E-state index is 0. The molecular weight excluding hydrogens is 433 g/mol. The first-order chi connectivity index (χ1) is 15.1. The predicted octanol–water partition coefficient (Wildman–Crippen LogP) is 4.94. The number of halogens is 2. The molecule has 0 aliphatic heterocycles. The van der Waals surface area contributed by atoms with E-state index >= 15 is 0 Å². The van der Waals surface area contributed by atoms with Crippen LogP contribution in [0.15, 0.2) is 71.1 Å². The van der Waals surface area contributed by atoms with Gasteiger partial charge in [0, 0.05) is 5.56 Å². The molecule has 0 bridgehead atoms. The number of aromatic nitrogens is 2. The highest BCUT2D eigenvalue weighted by atomic mass is 35.5. The van der Waals surface area contributed by atoms with Crippen molar-refractivity contribution in [1.29, 1.82) is 0 Å². The molecule has 0 spiro atoms. The van der Waals surface area contributed by atoms with Crippen LogP contribution in [0.25, 0.3) is 34.0 Å². The van der Waals surface area contributed by atoms with Gasteiger partial charge in [0.15, 0.2) is 0 Å². The fourth-order valence-corrected chi connectivity index (χ4v) is 3.29. The highest BCUT2D eigenvalue weighted by Crippen LogP contribution is 2.33. The van der Waals surface area contributed by atoms with Crippen LogP contribution < -0.4 is 5.73 Å². The van der Waals surface area contributed by atoms with Crippen molar-refractivity contribution in [2.45, 2.75) is 13.5 Å². The van der Waals surface area contributed by atoms with E-state index in [2.05, 4.69) is 10.2 Å². The summed E-state index contributed by atoms with van der Waals surface area (Å²) < 4.78 is 25.3. The Bertz CT molecular complexity index is 1230. The molecule has 164 valence electrons. The van der Waals surface area contributed by atoms with Crippen LogP contribution in [0.5, 0.6) is 0 Å². The summed E-state index contributed by atoms with van der Waals surface area (Å²) in [6.45, 7) is 1.74. The largest absolute Gasteiger partial charge is 0.460 e. The maximum Gasteiger partial charge on any atom is 0.320 e. The Morgan fingerprint density at radius 1 is 0.969 bits per heavy atom. The van der Waals surface area contributed by atoms with Gasteiger partial charge in [-0.05, 0) is 47.4 Å². The summed E-state index contributed by atoms with van der Waals surface area (Å²) in [5.41, 5.74) is 9.83. The number of benzene rings is 3.